The van der Waals surface area contributed by atoms with Crippen LogP contribution in [0.4, 0.5) is 4.39 Å². The van der Waals surface area contributed by atoms with Gasteiger partial charge in [-0.25, -0.2) is 4.98 Å². The standard InChI is InChI=1S/C37H50FNO3/c1-3-4-5-6-9-26-40-33-20-22-34(23-21-33)41-27-10-7-8-11-28-42-36-25-24-35(39-37(36)38)32-18-16-31(17-19-32)30-14-12-29(2)13-15-30/h12-19,24-25,33-34H,3-11,20-23,26-28H2,1-2H3. The summed E-state index contributed by atoms with van der Waals surface area (Å²) in [5.74, 6) is -0.343. The van der Waals surface area contributed by atoms with Crippen LogP contribution in [0.25, 0.3) is 22.4 Å². The van der Waals surface area contributed by atoms with Crippen molar-refractivity contribution in [3.63, 3.8) is 0 Å². The minimum atomic E-state index is -0.560. The second-order valence-electron chi connectivity index (χ2n) is 11.7. The molecule has 0 aliphatic heterocycles. The molecule has 4 rings (SSSR count). The van der Waals surface area contributed by atoms with Gasteiger partial charge in [0.15, 0.2) is 5.75 Å². The van der Waals surface area contributed by atoms with Crippen LogP contribution in [0.5, 0.6) is 5.75 Å². The van der Waals surface area contributed by atoms with Gasteiger partial charge in [0.05, 0.1) is 24.5 Å². The molecule has 2 aromatic carbocycles. The van der Waals surface area contributed by atoms with Crippen LogP contribution in [0.1, 0.15) is 96.0 Å². The second-order valence-corrected chi connectivity index (χ2v) is 11.7. The number of benzene rings is 2. The number of nitrogens with zero attached hydrogens (tertiary/aromatic N) is 1. The highest BCUT2D eigenvalue weighted by Gasteiger charge is 2.21. The van der Waals surface area contributed by atoms with E-state index in [1.807, 2.05) is 30.3 Å². The number of hydrogen-bond donors (Lipinski definition) is 0. The number of pyridine rings is 1. The molecular formula is C37H50FNO3. The number of ether oxygens (including phenoxy) is 3. The summed E-state index contributed by atoms with van der Waals surface area (Å²) in [4.78, 5) is 4.16. The Hall–Kier alpha value is -2.76. The summed E-state index contributed by atoms with van der Waals surface area (Å²) < 4.78 is 32.6. The molecule has 1 saturated carbocycles. The molecule has 1 aromatic heterocycles. The number of aromatic nitrogens is 1. The van der Waals surface area contributed by atoms with E-state index in [1.54, 1.807) is 6.07 Å². The molecule has 1 heterocycles. The molecule has 4 nitrogen and oxygen atoms in total. The van der Waals surface area contributed by atoms with Gasteiger partial charge in [0.25, 0.3) is 5.95 Å². The molecule has 0 saturated heterocycles. The molecular weight excluding hydrogens is 525 g/mol. The fourth-order valence-corrected chi connectivity index (χ4v) is 5.58. The molecule has 0 atom stereocenters. The Balaban J connectivity index is 1.04. The first-order valence-electron chi connectivity index (χ1n) is 16.3. The molecule has 0 amide bonds. The molecule has 42 heavy (non-hydrogen) atoms. The van der Waals surface area contributed by atoms with Crippen molar-refractivity contribution >= 4 is 0 Å². The summed E-state index contributed by atoms with van der Waals surface area (Å²) in [6.45, 7) is 6.56. The fraction of sp³-hybridized carbons (Fsp3) is 0.541. The maximum absolute atomic E-state index is 14.7. The average molecular weight is 576 g/mol. The van der Waals surface area contributed by atoms with Gasteiger partial charge in [-0.2, -0.15) is 4.39 Å². The van der Waals surface area contributed by atoms with Crippen LogP contribution in [-0.2, 0) is 9.47 Å². The van der Waals surface area contributed by atoms with Crippen molar-refractivity contribution in [2.24, 2.45) is 0 Å². The third-order valence-corrected chi connectivity index (χ3v) is 8.25. The molecule has 1 fully saturated rings. The van der Waals surface area contributed by atoms with Crippen LogP contribution in [0.3, 0.4) is 0 Å². The van der Waals surface area contributed by atoms with E-state index in [4.69, 9.17) is 14.2 Å². The van der Waals surface area contributed by atoms with Crippen molar-refractivity contribution in [1.29, 1.82) is 0 Å². The minimum Gasteiger partial charge on any atom is -0.489 e. The predicted octanol–water partition coefficient (Wildman–Crippen LogP) is 10.1. The zero-order valence-corrected chi connectivity index (χ0v) is 25.8. The zero-order chi connectivity index (χ0) is 29.4. The van der Waals surface area contributed by atoms with Crippen LogP contribution < -0.4 is 4.74 Å². The molecule has 1 aliphatic carbocycles. The highest BCUT2D eigenvalue weighted by molar-refractivity contribution is 5.69. The van der Waals surface area contributed by atoms with Crippen LogP contribution in [0.2, 0.25) is 0 Å². The predicted molar refractivity (Wildman–Crippen MR) is 170 cm³/mol. The van der Waals surface area contributed by atoms with Crippen LogP contribution in [0, 0.1) is 12.9 Å². The van der Waals surface area contributed by atoms with Gasteiger partial charge in [-0.1, -0.05) is 93.1 Å². The van der Waals surface area contributed by atoms with Crippen molar-refractivity contribution in [2.75, 3.05) is 19.8 Å². The number of rotatable bonds is 18. The zero-order valence-electron chi connectivity index (χ0n) is 25.8. The molecule has 0 radical (unpaired) electrons. The Morgan fingerprint density at radius 1 is 0.619 bits per heavy atom. The van der Waals surface area contributed by atoms with Crippen LogP contribution in [0.15, 0.2) is 60.7 Å². The topological polar surface area (TPSA) is 40.6 Å². The van der Waals surface area contributed by atoms with Gasteiger partial charge in [-0.05, 0) is 81.5 Å². The van der Waals surface area contributed by atoms with Gasteiger partial charge >= 0.3 is 0 Å². The lowest BCUT2D eigenvalue weighted by Crippen LogP contribution is -2.27. The van der Waals surface area contributed by atoms with E-state index in [0.717, 1.165) is 81.3 Å². The normalized spacial score (nSPS) is 16.9. The largest absolute Gasteiger partial charge is 0.489 e. The summed E-state index contributed by atoms with van der Waals surface area (Å²) in [5, 5.41) is 0. The van der Waals surface area contributed by atoms with Crippen LogP contribution in [-0.4, -0.2) is 37.0 Å². The van der Waals surface area contributed by atoms with E-state index in [1.165, 1.54) is 37.7 Å². The third kappa shape index (κ3) is 10.8. The Labute approximate surface area is 253 Å². The molecule has 0 N–H and O–H groups in total. The second kappa shape index (κ2) is 18.0. The highest BCUT2D eigenvalue weighted by Crippen LogP contribution is 2.27. The van der Waals surface area contributed by atoms with Crippen molar-refractivity contribution in [2.45, 2.75) is 110 Å². The molecule has 3 aromatic rings. The highest BCUT2D eigenvalue weighted by atomic mass is 19.1. The van der Waals surface area contributed by atoms with E-state index in [2.05, 4.69) is 43.1 Å². The fourth-order valence-electron chi connectivity index (χ4n) is 5.58. The number of hydrogen-bond acceptors (Lipinski definition) is 4. The van der Waals surface area contributed by atoms with Crippen LogP contribution >= 0.6 is 0 Å². The SMILES string of the molecule is CCCCCCCOC1CCC(OCCCCCCOc2ccc(-c3ccc(-c4ccc(C)cc4)cc3)nc2F)CC1. The maximum Gasteiger partial charge on any atom is 0.255 e. The van der Waals surface area contributed by atoms with Gasteiger partial charge < -0.3 is 14.2 Å². The lowest BCUT2D eigenvalue weighted by Gasteiger charge is -2.28. The molecule has 0 spiro atoms. The Kier molecular flexibility index (Phi) is 13.8. The number of halogens is 1. The van der Waals surface area contributed by atoms with Gasteiger partial charge in [-0.15, -0.1) is 0 Å². The summed E-state index contributed by atoms with van der Waals surface area (Å²) in [6, 6.07) is 20.0. The molecule has 228 valence electrons. The smallest absolute Gasteiger partial charge is 0.255 e. The summed E-state index contributed by atoms with van der Waals surface area (Å²) in [7, 11) is 0. The number of aryl methyl sites for hydroxylation is 1. The first kappa shape index (κ1) is 32.2. The summed E-state index contributed by atoms with van der Waals surface area (Å²) in [6.07, 6.45) is 15.9. The quantitative estimate of drug-likeness (QED) is 0.112. The monoisotopic (exact) mass is 575 g/mol. The van der Waals surface area contributed by atoms with Gasteiger partial charge in [-0.3, -0.25) is 0 Å². The Morgan fingerprint density at radius 2 is 1.12 bits per heavy atom. The first-order chi connectivity index (χ1) is 20.6. The van der Waals surface area contributed by atoms with E-state index in [9.17, 15) is 4.39 Å². The third-order valence-electron chi connectivity index (χ3n) is 8.25. The lowest BCUT2D eigenvalue weighted by atomic mass is 9.95. The average Bonchev–Trinajstić information content (AvgIpc) is 3.02. The van der Waals surface area contributed by atoms with E-state index in [-0.39, 0.29) is 5.75 Å². The van der Waals surface area contributed by atoms with Gasteiger partial charge in [0, 0.05) is 18.8 Å². The minimum absolute atomic E-state index is 0.217. The Bertz CT molecular complexity index is 1160. The Morgan fingerprint density at radius 3 is 1.67 bits per heavy atom. The lowest BCUT2D eigenvalue weighted by molar-refractivity contribution is -0.0327. The van der Waals surface area contributed by atoms with Crippen molar-refractivity contribution in [3.8, 4) is 28.1 Å². The molecule has 1 aliphatic rings. The number of unbranched alkanes of at least 4 members (excludes halogenated alkanes) is 7. The van der Waals surface area contributed by atoms with E-state index in [0.29, 0.717) is 24.5 Å². The van der Waals surface area contributed by atoms with Crippen molar-refractivity contribution < 1.29 is 18.6 Å². The van der Waals surface area contributed by atoms with Gasteiger partial charge in [0.1, 0.15) is 0 Å². The summed E-state index contributed by atoms with van der Waals surface area (Å²) in [5.41, 5.74) is 5.01. The molecule has 0 bridgehead atoms. The molecule has 0 unspecified atom stereocenters. The first-order valence-corrected chi connectivity index (χ1v) is 16.3. The van der Waals surface area contributed by atoms with Crippen molar-refractivity contribution in [3.05, 3.63) is 72.2 Å². The maximum atomic E-state index is 14.7. The van der Waals surface area contributed by atoms with E-state index >= 15 is 0 Å². The molecule has 5 heteroatoms. The van der Waals surface area contributed by atoms with Crippen molar-refractivity contribution in [1.82, 2.24) is 4.98 Å². The van der Waals surface area contributed by atoms with E-state index < -0.39 is 5.95 Å². The summed E-state index contributed by atoms with van der Waals surface area (Å²) >= 11 is 0. The van der Waals surface area contributed by atoms with Gasteiger partial charge in [0.2, 0.25) is 0 Å².